The van der Waals surface area contributed by atoms with Crippen LogP contribution < -0.4 is 20.3 Å². The molecule has 1 aromatic carbocycles. The van der Waals surface area contributed by atoms with Crippen molar-refractivity contribution in [1.29, 1.82) is 0 Å². The number of aliphatic hydroxyl groups excluding tert-OH is 2. The predicted molar refractivity (Wildman–Crippen MR) is 170 cm³/mol. The molecule has 3 rings (SSSR count). The SMILES string of the molecule is CC[C@H](CC(=O)N(C)c1cc(C/C(C)=C/C=C/[C@@H](O)[C@@]2(O)C[C@@H]([C@H](C)[C@@H]3CO3)OC(O)N2)cc(OC)c1Cl)OC(=O)[C@H](C)NC. The Morgan fingerprint density at radius 3 is 2.60 bits per heavy atom. The van der Waals surface area contributed by atoms with E-state index in [0.29, 0.717) is 30.9 Å². The molecule has 0 aliphatic carbocycles. The third-order valence-corrected chi connectivity index (χ3v) is 8.71. The van der Waals surface area contributed by atoms with Crippen LogP contribution in [0.15, 0.2) is 35.9 Å². The Morgan fingerprint density at radius 2 is 2.00 bits per heavy atom. The number of likely N-dealkylation sites (N-methyl/N-ethyl adjacent to an activating group) is 1. The van der Waals surface area contributed by atoms with Crippen LogP contribution in [-0.4, -0.2) is 97.6 Å². The molecule has 13 heteroatoms. The lowest BCUT2D eigenvalue weighted by atomic mass is 9.89. The van der Waals surface area contributed by atoms with Crippen LogP contribution in [0.25, 0.3) is 0 Å². The van der Waals surface area contributed by atoms with Gasteiger partial charge in [-0.15, -0.1) is 0 Å². The maximum Gasteiger partial charge on any atom is 0.323 e. The van der Waals surface area contributed by atoms with Crippen molar-refractivity contribution >= 4 is 29.2 Å². The topological polar surface area (TPSA) is 162 Å². The number of allylic oxidation sites excluding steroid dienone is 3. The van der Waals surface area contributed by atoms with Gasteiger partial charge >= 0.3 is 5.97 Å². The Bertz CT molecular complexity index is 1240. The molecule has 1 aromatic rings. The standard InChI is InChI=1S/C32H48ClN3O9/c1-8-22(44-30(39)20(4)34-5)15-28(38)36(6)23-13-21(14-24(42-7)29(23)33)12-18(2)10-9-11-27(37)32(41)16-25(45-31(40)35-32)19(3)26-17-43-26/h9-11,13-14,19-20,22,25-27,31,34-35,37,40-41H,8,12,15-17H2,1-7H3/b11-9+,18-10+/t19-,20-,22+,25-,26-,27+,31?,32-/m0/s1. The van der Waals surface area contributed by atoms with E-state index in [9.17, 15) is 24.9 Å². The summed E-state index contributed by atoms with van der Waals surface area (Å²) < 4.78 is 21.8. The molecule has 2 aliphatic rings. The van der Waals surface area contributed by atoms with E-state index in [-0.39, 0.29) is 35.8 Å². The zero-order valence-corrected chi connectivity index (χ0v) is 27.8. The number of rotatable bonds is 15. The molecule has 2 saturated heterocycles. The zero-order valence-electron chi connectivity index (χ0n) is 27.1. The number of epoxide rings is 1. The van der Waals surface area contributed by atoms with Crippen LogP contribution in [0.4, 0.5) is 5.69 Å². The normalized spacial score (nSPS) is 26.2. The first-order chi connectivity index (χ1) is 21.2. The molecular weight excluding hydrogens is 606 g/mol. The Kier molecular flexibility index (Phi) is 13.4. The van der Waals surface area contributed by atoms with Crippen molar-refractivity contribution in [2.24, 2.45) is 5.92 Å². The maximum absolute atomic E-state index is 13.2. The highest BCUT2D eigenvalue weighted by molar-refractivity contribution is 6.35. The summed E-state index contributed by atoms with van der Waals surface area (Å²) in [7, 11) is 4.76. The molecule has 45 heavy (non-hydrogen) atoms. The number of halogens is 1. The summed E-state index contributed by atoms with van der Waals surface area (Å²) in [5, 5.41) is 37.6. The molecule has 0 bridgehead atoms. The van der Waals surface area contributed by atoms with Gasteiger partial charge in [0.25, 0.3) is 0 Å². The van der Waals surface area contributed by atoms with Crippen molar-refractivity contribution in [1.82, 2.24) is 10.6 Å². The molecule has 252 valence electrons. The number of benzene rings is 1. The van der Waals surface area contributed by atoms with Crippen LogP contribution in [0.3, 0.4) is 0 Å². The van der Waals surface area contributed by atoms with Gasteiger partial charge in [-0.2, -0.15) is 0 Å². The lowest BCUT2D eigenvalue weighted by Crippen LogP contribution is -2.65. The minimum atomic E-state index is -1.79. The Hall–Kier alpha value is -2.55. The number of carbonyl (C=O) groups excluding carboxylic acids is 2. The van der Waals surface area contributed by atoms with E-state index in [1.54, 1.807) is 45.3 Å². The van der Waals surface area contributed by atoms with E-state index in [1.807, 2.05) is 20.8 Å². The van der Waals surface area contributed by atoms with Gasteiger partial charge in [-0.05, 0) is 51.4 Å². The second-order valence-electron chi connectivity index (χ2n) is 11.8. The van der Waals surface area contributed by atoms with Crippen LogP contribution in [0.5, 0.6) is 5.75 Å². The summed E-state index contributed by atoms with van der Waals surface area (Å²) in [5.74, 6) is -0.359. The first kappa shape index (κ1) is 36.9. The summed E-state index contributed by atoms with van der Waals surface area (Å²) >= 11 is 6.61. The van der Waals surface area contributed by atoms with Crippen LogP contribution in [0.2, 0.25) is 5.02 Å². The van der Waals surface area contributed by atoms with Gasteiger partial charge in [0.15, 0.2) is 5.72 Å². The Balaban J connectivity index is 1.69. The number of anilines is 1. The van der Waals surface area contributed by atoms with E-state index in [4.69, 9.17) is 30.5 Å². The fourth-order valence-corrected chi connectivity index (χ4v) is 5.37. The maximum atomic E-state index is 13.2. The second kappa shape index (κ2) is 16.3. The number of hydrogen-bond donors (Lipinski definition) is 5. The zero-order chi connectivity index (χ0) is 33.5. The average Bonchev–Trinajstić information content (AvgIpc) is 3.85. The van der Waals surface area contributed by atoms with Crippen molar-refractivity contribution in [2.75, 3.05) is 32.7 Å². The lowest BCUT2D eigenvalue weighted by molar-refractivity contribution is -0.268. The molecule has 8 atom stereocenters. The van der Waals surface area contributed by atoms with Crippen LogP contribution in [0, 0.1) is 5.92 Å². The predicted octanol–water partition coefficient (Wildman–Crippen LogP) is 2.42. The third kappa shape index (κ3) is 9.97. The minimum absolute atomic E-state index is 0.0114. The molecule has 0 spiro atoms. The summed E-state index contributed by atoms with van der Waals surface area (Å²) in [4.78, 5) is 26.9. The number of nitrogens with zero attached hydrogens (tertiary/aromatic N) is 1. The summed E-state index contributed by atoms with van der Waals surface area (Å²) in [6, 6.07) is 3.10. The smallest absolute Gasteiger partial charge is 0.323 e. The number of amides is 1. The number of esters is 1. The number of ether oxygens (including phenoxy) is 4. The van der Waals surface area contributed by atoms with Crippen LogP contribution >= 0.6 is 11.6 Å². The van der Waals surface area contributed by atoms with Crippen molar-refractivity contribution < 1.29 is 43.9 Å². The molecule has 2 heterocycles. The monoisotopic (exact) mass is 653 g/mol. The van der Waals surface area contributed by atoms with E-state index in [0.717, 1.165) is 11.1 Å². The highest BCUT2D eigenvalue weighted by Crippen LogP contribution is 2.37. The molecule has 2 fully saturated rings. The average molecular weight is 654 g/mol. The highest BCUT2D eigenvalue weighted by atomic mass is 35.5. The van der Waals surface area contributed by atoms with Gasteiger partial charge in [-0.3, -0.25) is 9.59 Å². The molecule has 5 N–H and O–H groups in total. The fourth-order valence-electron chi connectivity index (χ4n) is 5.06. The van der Waals surface area contributed by atoms with Gasteiger partial charge in [0.05, 0.1) is 38.0 Å². The van der Waals surface area contributed by atoms with Crippen LogP contribution in [-0.2, 0) is 30.2 Å². The number of nitrogens with one attached hydrogen (secondary N) is 2. The van der Waals surface area contributed by atoms with Gasteiger partial charge in [-0.25, -0.2) is 5.32 Å². The molecule has 0 aromatic heterocycles. The molecule has 0 radical (unpaired) electrons. The van der Waals surface area contributed by atoms with Gasteiger partial charge < -0.3 is 44.5 Å². The van der Waals surface area contributed by atoms with Gasteiger partial charge in [-0.1, -0.05) is 49.2 Å². The lowest BCUT2D eigenvalue weighted by Gasteiger charge is -2.43. The summed E-state index contributed by atoms with van der Waals surface area (Å²) in [6.07, 6.45) is 2.04. The number of carbonyl (C=O) groups is 2. The van der Waals surface area contributed by atoms with Crippen LogP contribution in [0.1, 0.15) is 52.5 Å². The quantitative estimate of drug-likeness (QED) is 0.107. The Morgan fingerprint density at radius 1 is 1.31 bits per heavy atom. The molecule has 1 amide bonds. The largest absolute Gasteiger partial charge is 0.495 e. The molecule has 0 saturated carbocycles. The number of aliphatic hydroxyl groups is 3. The highest BCUT2D eigenvalue weighted by Gasteiger charge is 2.47. The van der Waals surface area contributed by atoms with Gasteiger partial charge in [0, 0.05) is 19.4 Å². The van der Waals surface area contributed by atoms with Crippen molar-refractivity contribution in [3.8, 4) is 5.75 Å². The third-order valence-electron chi connectivity index (χ3n) is 8.33. The molecule has 12 nitrogen and oxygen atoms in total. The molecular formula is C32H48ClN3O9. The molecule has 2 aliphatic heterocycles. The van der Waals surface area contributed by atoms with E-state index in [2.05, 4.69) is 10.6 Å². The van der Waals surface area contributed by atoms with Gasteiger partial charge in [0.2, 0.25) is 12.3 Å². The number of hydrogen-bond acceptors (Lipinski definition) is 11. The summed E-state index contributed by atoms with van der Waals surface area (Å²) in [6.45, 7) is 7.97. The van der Waals surface area contributed by atoms with E-state index < -0.39 is 42.5 Å². The second-order valence-corrected chi connectivity index (χ2v) is 12.2. The first-order valence-electron chi connectivity index (χ1n) is 15.2. The molecule has 1 unspecified atom stereocenters. The number of methoxy groups -OCH3 is 1. The Labute approximate surface area is 270 Å². The fraction of sp³-hybridized carbons (Fsp3) is 0.625. The summed E-state index contributed by atoms with van der Waals surface area (Å²) in [5.41, 5.74) is 0.386. The van der Waals surface area contributed by atoms with Crippen molar-refractivity contribution in [3.63, 3.8) is 0 Å². The minimum Gasteiger partial charge on any atom is -0.495 e. The van der Waals surface area contributed by atoms with Crippen molar-refractivity contribution in [2.45, 2.75) is 96.0 Å². The van der Waals surface area contributed by atoms with Gasteiger partial charge in [0.1, 0.15) is 29.0 Å². The van der Waals surface area contributed by atoms with E-state index in [1.165, 1.54) is 18.1 Å². The van der Waals surface area contributed by atoms with Crippen molar-refractivity contribution in [3.05, 3.63) is 46.5 Å². The first-order valence-corrected chi connectivity index (χ1v) is 15.6. The van der Waals surface area contributed by atoms with E-state index >= 15 is 0 Å².